The van der Waals surface area contributed by atoms with Gasteiger partial charge in [0.2, 0.25) is 0 Å². The normalized spacial score (nSPS) is 12.5. The highest BCUT2D eigenvalue weighted by atomic mass is 19.4. The summed E-state index contributed by atoms with van der Waals surface area (Å²) in [6, 6.07) is -0.242. The number of hydrogen-bond donors (Lipinski definition) is 5. The van der Waals surface area contributed by atoms with Crippen LogP contribution in [-0.2, 0) is 5.60 Å². The molecule has 28 heavy (non-hydrogen) atoms. The van der Waals surface area contributed by atoms with Gasteiger partial charge in [-0.2, -0.15) is 26.3 Å². The molecule has 0 aliphatic rings. The van der Waals surface area contributed by atoms with Crippen molar-refractivity contribution in [3.8, 4) is 0 Å². The summed E-state index contributed by atoms with van der Waals surface area (Å²) < 4.78 is 79.1. The lowest BCUT2D eigenvalue weighted by atomic mass is 9.80. The predicted molar refractivity (Wildman–Crippen MR) is 70.3 cm³/mol. The Hall–Kier alpha value is -3.36. The van der Waals surface area contributed by atoms with E-state index in [9.17, 15) is 50.6 Å². The molecule has 0 spiro atoms. The SMILES string of the molecule is O=C(O)c1cc(C(=O)O)c(C(=O)O)c(C(O)(C(F)(F)F)C(F)(F)F)c1C(=O)O. The fourth-order valence-electron chi connectivity index (χ4n) is 2.27. The Kier molecular flexibility index (Phi) is 5.40. The zero-order chi connectivity index (χ0) is 22.4. The maximum atomic E-state index is 13.2. The van der Waals surface area contributed by atoms with Crippen molar-refractivity contribution < 1.29 is 71.1 Å². The molecule has 0 fully saturated rings. The van der Waals surface area contributed by atoms with Crippen molar-refractivity contribution in [1.29, 1.82) is 0 Å². The molecule has 0 saturated carbocycles. The second-order valence-corrected chi connectivity index (χ2v) is 5.02. The summed E-state index contributed by atoms with van der Waals surface area (Å²) in [6.07, 6.45) is -13.7. The van der Waals surface area contributed by atoms with Crippen molar-refractivity contribution in [2.24, 2.45) is 0 Å². The van der Waals surface area contributed by atoms with Gasteiger partial charge in [0, 0.05) is 5.56 Å². The minimum Gasteiger partial charge on any atom is -0.478 e. The van der Waals surface area contributed by atoms with Crippen molar-refractivity contribution >= 4 is 23.9 Å². The van der Waals surface area contributed by atoms with Crippen LogP contribution in [0.5, 0.6) is 0 Å². The van der Waals surface area contributed by atoms with Crippen LogP contribution in [0.1, 0.15) is 47.0 Å². The van der Waals surface area contributed by atoms with Crippen molar-refractivity contribution in [3.63, 3.8) is 0 Å². The highest BCUT2D eigenvalue weighted by molar-refractivity contribution is 6.11. The minimum atomic E-state index is -6.83. The van der Waals surface area contributed by atoms with Crippen LogP contribution in [0.4, 0.5) is 26.3 Å². The summed E-state index contributed by atoms with van der Waals surface area (Å²) in [7, 11) is 0. The first-order chi connectivity index (χ1) is 12.4. The molecule has 0 atom stereocenters. The molecule has 154 valence electrons. The van der Waals surface area contributed by atoms with Gasteiger partial charge in [0.05, 0.1) is 22.3 Å². The Bertz CT molecular complexity index is 820. The standard InChI is InChI=1S/C13H6F6O9/c14-12(15,16)11(28,13(17,18)19)6-4(9(24)25)2(7(20)21)1-3(8(22)23)5(6)10(26)27/h1,28H,(H,20,21)(H,22,23)(H,24,25)(H,26,27). The van der Waals surface area contributed by atoms with Crippen LogP contribution in [0.25, 0.3) is 0 Å². The predicted octanol–water partition coefficient (Wildman–Crippen LogP) is 1.79. The summed E-state index contributed by atoms with van der Waals surface area (Å²) in [5, 5.41) is 45.2. The molecule has 0 unspecified atom stereocenters. The number of rotatable bonds is 5. The lowest BCUT2D eigenvalue weighted by molar-refractivity contribution is -0.376. The summed E-state index contributed by atoms with van der Waals surface area (Å²) in [6.45, 7) is 0. The van der Waals surface area contributed by atoms with E-state index in [0.29, 0.717) is 0 Å². The van der Waals surface area contributed by atoms with Gasteiger partial charge >= 0.3 is 36.2 Å². The van der Waals surface area contributed by atoms with Crippen LogP contribution < -0.4 is 0 Å². The molecule has 0 aliphatic heterocycles. The fourth-order valence-corrected chi connectivity index (χ4v) is 2.27. The number of alkyl halides is 6. The first-order valence-corrected chi connectivity index (χ1v) is 6.40. The molecule has 1 aromatic carbocycles. The van der Waals surface area contributed by atoms with E-state index in [1.807, 2.05) is 0 Å². The molecule has 0 saturated heterocycles. The molecule has 0 amide bonds. The largest absolute Gasteiger partial charge is 0.478 e. The topological polar surface area (TPSA) is 169 Å². The molecular weight excluding hydrogens is 414 g/mol. The average molecular weight is 420 g/mol. The van der Waals surface area contributed by atoms with Crippen LogP contribution in [0.3, 0.4) is 0 Å². The summed E-state index contributed by atoms with van der Waals surface area (Å²) in [4.78, 5) is 44.7. The van der Waals surface area contributed by atoms with Gasteiger partial charge in [-0.1, -0.05) is 0 Å². The number of hydrogen-bond acceptors (Lipinski definition) is 5. The van der Waals surface area contributed by atoms with E-state index in [1.54, 1.807) is 0 Å². The zero-order valence-electron chi connectivity index (χ0n) is 12.7. The van der Waals surface area contributed by atoms with E-state index >= 15 is 0 Å². The van der Waals surface area contributed by atoms with Gasteiger partial charge in [0.1, 0.15) is 0 Å². The Labute approximate surface area is 148 Å². The maximum Gasteiger partial charge on any atom is 0.430 e. The van der Waals surface area contributed by atoms with E-state index in [0.717, 1.165) is 0 Å². The van der Waals surface area contributed by atoms with Gasteiger partial charge in [-0.15, -0.1) is 0 Å². The molecular formula is C13H6F6O9. The van der Waals surface area contributed by atoms with Crippen LogP contribution in [0.2, 0.25) is 0 Å². The minimum absolute atomic E-state index is 0.242. The Morgan fingerprint density at radius 3 is 1.11 bits per heavy atom. The third kappa shape index (κ3) is 3.30. The van der Waals surface area contributed by atoms with Gasteiger partial charge < -0.3 is 25.5 Å². The Balaban J connectivity index is 4.56. The van der Waals surface area contributed by atoms with E-state index in [-0.39, 0.29) is 6.07 Å². The third-order valence-electron chi connectivity index (χ3n) is 3.40. The van der Waals surface area contributed by atoms with E-state index in [4.69, 9.17) is 20.4 Å². The molecule has 0 aromatic heterocycles. The molecule has 15 heteroatoms. The van der Waals surface area contributed by atoms with Gasteiger partial charge in [0.25, 0.3) is 5.60 Å². The quantitative estimate of drug-likeness (QED) is 0.446. The van der Waals surface area contributed by atoms with Crippen molar-refractivity contribution in [1.82, 2.24) is 0 Å². The lowest BCUT2D eigenvalue weighted by Crippen LogP contribution is -2.55. The van der Waals surface area contributed by atoms with Crippen LogP contribution in [0.15, 0.2) is 6.07 Å². The number of aliphatic hydroxyl groups is 1. The Morgan fingerprint density at radius 2 is 0.929 bits per heavy atom. The van der Waals surface area contributed by atoms with Gasteiger partial charge in [-0.05, 0) is 6.07 Å². The van der Waals surface area contributed by atoms with Gasteiger partial charge in [-0.3, -0.25) is 0 Å². The Morgan fingerprint density at radius 1 is 0.643 bits per heavy atom. The van der Waals surface area contributed by atoms with Crippen molar-refractivity contribution in [2.75, 3.05) is 0 Å². The number of aromatic carboxylic acids is 4. The van der Waals surface area contributed by atoms with Crippen molar-refractivity contribution in [3.05, 3.63) is 33.9 Å². The second-order valence-electron chi connectivity index (χ2n) is 5.02. The maximum absolute atomic E-state index is 13.2. The summed E-state index contributed by atoms with van der Waals surface area (Å²) >= 11 is 0. The molecule has 5 N–H and O–H groups in total. The number of benzene rings is 1. The van der Waals surface area contributed by atoms with Crippen LogP contribution in [0, 0.1) is 0 Å². The molecule has 1 rings (SSSR count). The zero-order valence-corrected chi connectivity index (χ0v) is 12.7. The molecule has 1 aromatic rings. The van der Waals surface area contributed by atoms with Crippen molar-refractivity contribution in [2.45, 2.75) is 18.0 Å². The fraction of sp³-hybridized carbons (Fsp3) is 0.231. The molecule has 0 aliphatic carbocycles. The van der Waals surface area contributed by atoms with Crippen LogP contribution in [-0.4, -0.2) is 61.8 Å². The monoisotopic (exact) mass is 420 g/mol. The number of carboxylic acids is 4. The highest BCUT2D eigenvalue weighted by Gasteiger charge is 2.73. The second kappa shape index (κ2) is 6.66. The smallest absolute Gasteiger partial charge is 0.430 e. The summed E-state index contributed by atoms with van der Waals surface area (Å²) in [5.41, 5.74) is -17.9. The van der Waals surface area contributed by atoms with Gasteiger partial charge in [0.15, 0.2) is 0 Å². The van der Waals surface area contributed by atoms with E-state index < -0.39 is 69.6 Å². The molecule has 9 nitrogen and oxygen atoms in total. The molecule has 0 heterocycles. The molecule has 0 bridgehead atoms. The summed E-state index contributed by atoms with van der Waals surface area (Å²) in [5.74, 6) is -10.6. The first kappa shape index (κ1) is 22.7. The van der Waals surface area contributed by atoms with Crippen LogP contribution >= 0.6 is 0 Å². The number of halogens is 6. The average Bonchev–Trinajstić information content (AvgIpc) is 2.48. The lowest BCUT2D eigenvalue weighted by Gasteiger charge is -2.35. The highest BCUT2D eigenvalue weighted by Crippen LogP contribution is 2.52. The molecule has 0 radical (unpaired) electrons. The van der Waals surface area contributed by atoms with E-state index in [2.05, 4.69) is 0 Å². The van der Waals surface area contributed by atoms with E-state index in [1.165, 1.54) is 0 Å². The number of carboxylic acid groups (broad SMARTS) is 4. The number of carbonyl (C=O) groups is 4. The third-order valence-corrected chi connectivity index (χ3v) is 3.40. The first-order valence-electron chi connectivity index (χ1n) is 6.40. The van der Waals surface area contributed by atoms with Gasteiger partial charge in [-0.25, -0.2) is 19.2 Å².